The van der Waals surface area contributed by atoms with Crippen molar-refractivity contribution in [3.63, 3.8) is 0 Å². The maximum Gasteiger partial charge on any atom is 0.531 e. The summed E-state index contributed by atoms with van der Waals surface area (Å²) in [5.74, 6) is 1.49. The molecular weight excluding hydrogens is 673 g/mol. The van der Waals surface area contributed by atoms with E-state index in [9.17, 15) is 9.36 Å². The zero-order valence-electron chi connectivity index (χ0n) is 19.9. The van der Waals surface area contributed by atoms with Gasteiger partial charge in [-0.1, -0.05) is 0 Å². The normalized spacial score (nSPS) is 12.4. The fourth-order valence-electron chi connectivity index (χ4n) is 2.62. The molecule has 0 aliphatic carbocycles. The van der Waals surface area contributed by atoms with Gasteiger partial charge in [0.05, 0.1) is 25.5 Å². The number of ketones is 1. The van der Waals surface area contributed by atoms with Gasteiger partial charge in [-0.3, -0.25) is 13.8 Å². The van der Waals surface area contributed by atoms with Crippen LogP contribution < -0.4 is 14.0 Å². The van der Waals surface area contributed by atoms with E-state index in [1.165, 1.54) is 14.0 Å². The maximum absolute atomic E-state index is 13.6. The number of carbonyl (C=O) groups is 1. The topological polar surface area (TPSA) is 80.3 Å². The Balaban J connectivity index is 2.45. The molecule has 0 aliphatic rings. The van der Waals surface area contributed by atoms with Crippen molar-refractivity contribution in [2.24, 2.45) is 0 Å². The summed E-state index contributed by atoms with van der Waals surface area (Å²) in [6, 6.07) is 8.45. The van der Waals surface area contributed by atoms with Crippen LogP contribution in [0.15, 0.2) is 30.3 Å². The van der Waals surface area contributed by atoms with Crippen molar-refractivity contribution in [2.75, 3.05) is 7.11 Å². The lowest BCUT2D eigenvalue weighted by molar-refractivity contribution is 0.0220. The van der Waals surface area contributed by atoms with Gasteiger partial charge in [0.1, 0.15) is 5.75 Å². The molecule has 0 fully saturated rings. The van der Waals surface area contributed by atoms with Gasteiger partial charge < -0.3 is 14.0 Å². The summed E-state index contributed by atoms with van der Waals surface area (Å²) in [5.41, 5.74) is -0.964. The highest BCUT2D eigenvalue weighted by atomic mass is 127. The summed E-state index contributed by atoms with van der Waals surface area (Å²) in [4.78, 5) is 11.7. The Bertz CT molecular complexity index is 1030. The van der Waals surface area contributed by atoms with Crippen LogP contribution in [0.5, 0.6) is 23.0 Å². The molecule has 0 atom stereocenters. The van der Waals surface area contributed by atoms with Crippen LogP contribution in [-0.2, 0) is 13.6 Å². The Kier molecular flexibility index (Phi) is 9.28. The average Bonchev–Trinajstić information content (AvgIpc) is 2.61. The van der Waals surface area contributed by atoms with E-state index in [2.05, 4.69) is 45.2 Å². The van der Waals surface area contributed by atoms with Crippen LogP contribution >= 0.6 is 53.0 Å². The van der Waals surface area contributed by atoms with Crippen molar-refractivity contribution >= 4 is 58.8 Å². The van der Waals surface area contributed by atoms with E-state index >= 15 is 0 Å². The molecule has 182 valence electrons. The summed E-state index contributed by atoms with van der Waals surface area (Å²) < 4.78 is 43.9. The van der Waals surface area contributed by atoms with Crippen molar-refractivity contribution in [2.45, 2.75) is 59.7 Å². The van der Waals surface area contributed by atoms with Gasteiger partial charge in [-0.25, -0.2) is 4.57 Å². The molecule has 0 amide bonds. The van der Waals surface area contributed by atoms with Gasteiger partial charge in [0.15, 0.2) is 23.0 Å². The lowest BCUT2D eigenvalue weighted by Gasteiger charge is -2.31. The van der Waals surface area contributed by atoms with Crippen molar-refractivity contribution in [3.05, 3.63) is 43.0 Å². The molecule has 33 heavy (non-hydrogen) atoms. The fourth-order valence-corrected chi connectivity index (χ4v) is 6.44. The van der Waals surface area contributed by atoms with Gasteiger partial charge in [0.25, 0.3) is 0 Å². The van der Waals surface area contributed by atoms with Gasteiger partial charge in [0.2, 0.25) is 0 Å². The van der Waals surface area contributed by atoms with E-state index < -0.39 is 19.0 Å². The molecule has 0 saturated carbocycles. The summed E-state index contributed by atoms with van der Waals surface area (Å²) in [5, 5.41) is 0. The standard InChI is InChI=1S/C23H29I2O7P/c1-14(26)15-11-17(24)21(18(25)12-15)29-16-9-10-19(28-8)20(13-16)30-33(27,31-22(2,3)4)32-23(5,6)7/h9-13H,1-8H3. The highest BCUT2D eigenvalue weighted by Gasteiger charge is 2.39. The third-order valence-corrected chi connectivity index (χ3v) is 7.31. The Labute approximate surface area is 222 Å². The molecule has 2 aromatic carbocycles. The van der Waals surface area contributed by atoms with Crippen LogP contribution in [-0.4, -0.2) is 24.1 Å². The lowest BCUT2D eigenvalue weighted by atomic mass is 10.1. The molecule has 7 nitrogen and oxygen atoms in total. The van der Waals surface area contributed by atoms with Gasteiger partial charge >= 0.3 is 7.82 Å². The smallest absolute Gasteiger partial charge is 0.493 e. The molecule has 2 aromatic rings. The first kappa shape index (κ1) is 28.4. The average molecular weight is 702 g/mol. The largest absolute Gasteiger partial charge is 0.531 e. The minimum absolute atomic E-state index is 0.0223. The number of carbonyl (C=O) groups excluding carboxylic acids is 1. The van der Waals surface area contributed by atoms with Gasteiger partial charge in [-0.05, 0) is 118 Å². The SMILES string of the molecule is COc1ccc(Oc2c(I)cc(C(C)=O)cc2I)cc1OP(=O)(OC(C)(C)C)OC(C)(C)C. The highest BCUT2D eigenvalue weighted by Crippen LogP contribution is 2.57. The molecule has 0 N–H and O–H groups in total. The number of rotatable bonds is 8. The van der Waals surface area contributed by atoms with Crippen molar-refractivity contribution in [3.8, 4) is 23.0 Å². The first-order valence-corrected chi connectivity index (χ1v) is 13.7. The molecular formula is C23H29I2O7P. The quantitative estimate of drug-likeness (QED) is 0.157. The van der Waals surface area contributed by atoms with E-state index in [1.807, 2.05) is 0 Å². The number of hydrogen-bond donors (Lipinski definition) is 0. The Morgan fingerprint density at radius 3 is 1.82 bits per heavy atom. The number of ether oxygens (including phenoxy) is 2. The van der Waals surface area contributed by atoms with Gasteiger partial charge in [-0.15, -0.1) is 0 Å². The number of halogens is 2. The Morgan fingerprint density at radius 2 is 1.39 bits per heavy atom. The Morgan fingerprint density at radius 1 is 0.879 bits per heavy atom. The summed E-state index contributed by atoms with van der Waals surface area (Å²) in [7, 11) is -2.56. The summed E-state index contributed by atoms with van der Waals surface area (Å²) in [6.07, 6.45) is 0. The predicted octanol–water partition coefficient (Wildman–Crippen LogP) is 8.02. The maximum atomic E-state index is 13.6. The van der Waals surface area contributed by atoms with Crippen LogP contribution in [0.4, 0.5) is 0 Å². The zero-order valence-corrected chi connectivity index (χ0v) is 25.2. The molecule has 0 bridgehead atoms. The first-order chi connectivity index (χ1) is 15.0. The number of benzene rings is 2. The number of hydrogen-bond acceptors (Lipinski definition) is 7. The summed E-state index contributed by atoms with van der Waals surface area (Å²) in [6.45, 7) is 12.1. The minimum Gasteiger partial charge on any atom is -0.493 e. The number of phosphoric acid groups is 1. The molecule has 0 unspecified atom stereocenters. The molecule has 2 rings (SSSR count). The molecule has 0 saturated heterocycles. The van der Waals surface area contributed by atoms with Crippen molar-refractivity contribution < 1.29 is 32.4 Å². The molecule has 0 spiro atoms. The second-order valence-corrected chi connectivity index (χ2v) is 13.0. The molecule has 0 heterocycles. The molecule has 0 aromatic heterocycles. The summed E-state index contributed by atoms with van der Waals surface area (Å²) >= 11 is 4.25. The van der Waals surface area contributed by atoms with E-state index in [0.29, 0.717) is 22.8 Å². The zero-order chi connectivity index (χ0) is 25.2. The van der Waals surface area contributed by atoms with Crippen molar-refractivity contribution in [1.82, 2.24) is 0 Å². The predicted molar refractivity (Wildman–Crippen MR) is 145 cm³/mol. The van der Waals surface area contributed by atoms with E-state index in [-0.39, 0.29) is 11.5 Å². The second-order valence-electron chi connectivity index (χ2n) is 9.19. The fraction of sp³-hybridized carbons (Fsp3) is 0.435. The highest BCUT2D eigenvalue weighted by molar-refractivity contribution is 14.1. The van der Waals surface area contributed by atoms with E-state index in [1.54, 1.807) is 71.9 Å². The molecule has 10 heteroatoms. The second kappa shape index (κ2) is 10.8. The van der Waals surface area contributed by atoms with Gasteiger partial charge in [-0.2, -0.15) is 0 Å². The van der Waals surface area contributed by atoms with Crippen LogP contribution in [0.1, 0.15) is 58.8 Å². The molecule has 0 aliphatic heterocycles. The van der Waals surface area contributed by atoms with E-state index in [4.69, 9.17) is 23.0 Å². The number of Topliss-reactive ketones (excluding diaryl/α,β-unsaturated/α-hetero) is 1. The lowest BCUT2D eigenvalue weighted by Crippen LogP contribution is -2.25. The third-order valence-electron chi connectivity index (χ3n) is 3.74. The van der Waals surface area contributed by atoms with Crippen LogP contribution in [0.25, 0.3) is 0 Å². The minimum atomic E-state index is -4.04. The van der Waals surface area contributed by atoms with Crippen LogP contribution in [0, 0.1) is 7.14 Å². The van der Waals surface area contributed by atoms with Gasteiger partial charge in [0, 0.05) is 11.6 Å². The number of methoxy groups -OCH3 is 1. The van der Waals surface area contributed by atoms with E-state index in [0.717, 1.165) is 7.14 Å². The monoisotopic (exact) mass is 702 g/mol. The van der Waals surface area contributed by atoms with Crippen LogP contribution in [0.3, 0.4) is 0 Å². The van der Waals surface area contributed by atoms with Crippen LogP contribution in [0.2, 0.25) is 0 Å². The Hall–Kier alpha value is -0.880. The third kappa shape index (κ3) is 8.69. The first-order valence-electron chi connectivity index (χ1n) is 10.1. The number of phosphoric ester groups is 1. The molecule has 0 radical (unpaired) electrons. The van der Waals surface area contributed by atoms with Crippen molar-refractivity contribution in [1.29, 1.82) is 0 Å².